The van der Waals surface area contributed by atoms with Crippen LogP contribution >= 0.6 is 11.8 Å². The Labute approximate surface area is 169 Å². The fraction of sp³-hybridized carbons (Fsp3) is 0.550. The fourth-order valence-electron chi connectivity index (χ4n) is 3.79. The van der Waals surface area contributed by atoms with Gasteiger partial charge in [-0.15, -0.1) is 10.2 Å². The predicted octanol–water partition coefficient (Wildman–Crippen LogP) is 3.11. The summed E-state index contributed by atoms with van der Waals surface area (Å²) in [7, 11) is 0. The Kier molecular flexibility index (Phi) is 5.75. The molecule has 3 heterocycles. The maximum absolute atomic E-state index is 12.6. The van der Waals surface area contributed by atoms with Crippen LogP contribution in [0.2, 0.25) is 0 Å². The van der Waals surface area contributed by atoms with Crippen molar-refractivity contribution in [1.29, 1.82) is 0 Å². The summed E-state index contributed by atoms with van der Waals surface area (Å²) in [5, 5.41) is 9.52. The molecule has 0 saturated carbocycles. The van der Waals surface area contributed by atoms with E-state index >= 15 is 0 Å². The molecule has 1 aromatic heterocycles. The molecular weight excluding hydrogens is 376 g/mol. The largest absolute Gasteiger partial charge is 0.454 e. The van der Waals surface area contributed by atoms with Gasteiger partial charge in [-0.2, -0.15) is 0 Å². The zero-order valence-electron chi connectivity index (χ0n) is 16.4. The van der Waals surface area contributed by atoms with Gasteiger partial charge >= 0.3 is 0 Å². The minimum atomic E-state index is 0.195. The van der Waals surface area contributed by atoms with Gasteiger partial charge in [-0.1, -0.05) is 17.8 Å². The van der Waals surface area contributed by atoms with E-state index in [0.717, 1.165) is 54.0 Å². The average Bonchev–Trinajstić information content (AvgIpc) is 3.32. The van der Waals surface area contributed by atoms with Crippen molar-refractivity contribution in [3.8, 4) is 11.5 Å². The van der Waals surface area contributed by atoms with Crippen molar-refractivity contribution in [2.45, 2.75) is 57.3 Å². The molecule has 1 unspecified atom stereocenters. The van der Waals surface area contributed by atoms with E-state index < -0.39 is 0 Å². The second kappa shape index (κ2) is 8.43. The molecular formula is C20H26N4O3S. The number of nitrogens with zero attached hydrogens (tertiary/aromatic N) is 4. The molecule has 2 aliphatic heterocycles. The third-order valence-corrected chi connectivity index (χ3v) is 6.31. The molecule has 1 fully saturated rings. The van der Waals surface area contributed by atoms with E-state index in [1.165, 1.54) is 18.2 Å². The lowest BCUT2D eigenvalue weighted by Gasteiger charge is -2.33. The van der Waals surface area contributed by atoms with Gasteiger partial charge in [0.15, 0.2) is 16.7 Å². The zero-order chi connectivity index (χ0) is 19.5. The number of hydrogen-bond acceptors (Lipinski definition) is 6. The van der Waals surface area contributed by atoms with Crippen LogP contribution in [-0.4, -0.2) is 50.7 Å². The monoisotopic (exact) mass is 402 g/mol. The van der Waals surface area contributed by atoms with Crippen molar-refractivity contribution in [1.82, 2.24) is 19.7 Å². The Morgan fingerprint density at radius 1 is 1.25 bits per heavy atom. The summed E-state index contributed by atoms with van der Waals surface area (Å²) in [6, 6.07) is 6.28. The molecule has 2 aliphatic rings. The second-order valence-corrected chi connectivity index (χ2v) is 8.17. The van der Waals surface area contributed by atoms with E-state index in [1.807, 2.05) is 23.1 Å². The number of carbonyl (C=O) groups excluding carboxylic acids is 1. The third kappa shape index (κ3) is 3.97. The number of rotatable bonds is 6. The Bertz CT molecular complexity index is 854. The predicted molar refractivity (Wildman–Crippen MR) is 107 cm³/mol. The second-order valence-electron chi connectivity index (χ2n) is 7.23. The summed E-state index contributed by atoms with van der Waals surface area (Å²) in [4.78, 5) is 14.6. The number of piperidine rings is 1. The number of carbonyl (C=O) groups is 1. The highest BCUT2D eigenvalue weighted by Crippen LogP contribution is 2.33. The van der Waals surface area contributed by atoms with Gasteiger partial charge in [0.05, 0.1) is 5.75 Å². The van der Waals surface area contributed by atoms with Crippen molar-refractivity contribution in [3.05, 3.63) is 29.6 Å². The Morgan fingerprint density at radius 2 is 2.11 bits per heavy atom. The summed E-state index contributed by atoms with van der Waals surface area (Å²) in [5.41, 5.74) is 1.10. The van der Waals surface area contributed by atoms with Gasteiger partial charge in [0.2, 0.25) is 12.7 Å². The molecule has 1 aromatic carbocycles. The highest BCUT2D eigenvalue weighted by molar-refractivity contribution is 7.99. The molecule has 0 aliphatic carbocycles. The minimum Gasteiger partial charge on any atom is -0.454 e. The number of ether oxygens (including phenoxy) is 2. The standard InChI is InChI=1S/C20H26N4O3S/c1-3-23-18(11-15-7-8-16-17(10-15)27-13-26-16)21-22-20(23)28-12-19(25)24-9-5-4-6-14(24)2/h7-8,10,14H,3-6,9,11-13H2,1-2H3. The number of hydrogen-bond donors (Lipinski definition) is 0. The van der Waals surface area contributed by atoms with Gasteiger partial charge in [-0.05, 0) is 50.8 Å². The topological polar surface area (TPSA) is 69.5 Å². The van der Waals surface area contributed by atoms with Gasteiger partial charge in [-0.25, -0.2) is 0 Å². The SMILES string of the molecule is CCn1c(Cc2ccc3c(c2)OCO3)nnc1SCC(=O)N1CCCCC1C. The highest BCUT2D eigenvalue weighted by atomic mass is 32.2. The van der Waals surface area contributed by atoms with E-state index in [9.17, 15) is 4.79 Å². The molecule has 2 aromatic rings. The summed E-state index contributed by atoms with van der Waals surface area (Å²) in [5.74, 6) is 3.05. The summed E-state index contributed by atoms with van der Waals surface area (Å²) >= 11 is 1.48. The molecule has 1 amide bonds. The molecule has 0 N–H and O–H groups in total. The zero-order valence-corrected chi connectivity index (χ0v) is 17.2. The smallest absolute Gasteiger partial charge is 0.233 e. The number of aromatic nitrogens is 3. The van der Waals surface area contributed by atoms with E-state index in [0.29, 0.717) is 18.2 Å². The third-order valence-electron chi connectivity index (χ3n) is 5.36. The van der Waals surface area contributed by atoms with Crippen molar-refractivity contribution >= 4 is 17.7 Å². The molecule has 150 valence electrons. The summed E-state index contributed by atoms with van der Waals surface area (Å²) < 4.78 is 12.9. The van der Waals surface area contributed by atoms with Gasteiger partial charge in [-0.3, -0.25) is 4.79 Å². The van der Waals surface area contributed by atoms with E-state index in [2.05, 4.69) is 28.6 Å². The Morgan fingerprint density at radius 3 is 2.93 bits per heavy atom. The van der Waals surface area contributed by atoms with Gasteiger partial charge in [0.1, 0.15) is 5.82 Å². The minimum absolute atomic E-state index is 0.195. The molecule has 1 saturated heterocycles. The van der Waals surface area contributed by atoms with Crippen molar-refractivity contribution in [3.63, 3.8) is 0 Å². The molecule has 1 atom stereocenters. The van der Waals surface area contributed by atoms with Crippen molar-refractivity contribution in [2.75, 3.05) is 19.1 Å². The number of likely N-dealkylation sites (tertiary alicyclic amines) is 1. The maximum Gasteiger partial charge on any atom is 0.233 e. The average molecular weight is 403 g/mol. The Hall–Kier alpha value is -2.22. The van der Waals surface area contributed by atoms with Crippen LogP contribution in [0.15, 0.2) is 23.4 Å². The first-order chi connectivity index (χ1) is 13.7. The van der Waals surface area contributed by atoms with Crippen LogP contribution in [0.5, 0.6) is 11.5 Å². The number of amides is 1. The Balaban J connectivity index is 1.42. The van der Waals surface area contributed by atoms with Crippen LogP contribution in [0.25, 0.3) is 0 Å². The van der Waals surface area contributed by atoms with Gasteiger partial charge < -0.3 is 18.9 Å². The van der Waals surface area contributed by atoms with Gasteiger partial charge in [0, 0.05) is 25.6 Å². The van der Waals surface area contributed by atoms with Gasteiger partial charge in [0.25, 0.3) is 0 Å². The first-order valence-electron chi connectivity index (χ1n) is 9.88. The lowest BCUT2D eigenvalue weighted by atomic mass is 10.0. The van der Waals surface area contributed by atoms with Crippen LogP contribution in [0, 0.1) is 0 Å². The molecule has 0 radical (unpaired) electrons. The van der Waals surface area contributed by atoms with Crippen LogP contribution < -0.4 is 9.47 Å². The number of benzene rings is 1. The van der Waals surface area contributed by atoms with E-state index in [-0.39, 0.29) is 12.7 Å². The molecule has 28 heavy (non-hydrogen) atoms. The molecule has 4 rings (SSSR count). The van der Waals surface area contributed by atoms with Crippen LogP contribution in [0.4, 0.5) is 0 Å². The molecule has 0 spiro atoms. The van der Waals surface area contributed by atoms with E-state index in [1.54, 1.807) is 0 Å². The first-order valence-corrected chi connectivity index (χ1v) is 10.9. The maximum atomic E-state index is 12.6. The van der Waals surface area contributed by atoms with E-state index in [4.69, 9.17) is 9.47 Å². The van der Waals surface area contributed by atoms with Crippen molar-refractivity contribution in [2.24, 2.45) is 0 Å². The molecule has 7 nitrogen and oxygen atoms in total. The molecule has 8 heteroatoms. The fourth-order valence-corrected chi connectivity index (χ4v) is 4.69. The normalized spacial score (nSPS) is 18.5. The van der Waals surface area contributed by atoms with Crippen LogP contribution in [0.3, 0.4) is 0 Å². The number of thioether (sulfide) groups is 1. The lowest BCUT2D eigenvalue weighted by Crippen LogP contribution is -2.43. The van der Waals surface area contributed by atoms with Crippen LogP contribution in [-0.2, 0) is 17.8 Å². The first kappa shape index (κ1) is 19.1. The highest BCUT2D eigenvalue weighted by Gasteiger charge is 2.24. The summed E-state index contributed by atoms with van der Waals surface area (Å²) in [6.45, 7) is 6.12. The summed E-state index contributed by atoms with van der Waals surface area (Å²) in [6.07, 6.45) is 4.08. The molecule has 0 bridgehead atoms. The van der Waals surface area contributed by atoms with Crippen LogP contribution in [0.1, 0.15) is 44.5 Å². The quantitative estimate of drug-likeness (QED) is 0.692. The number of fused-ring (bicyclic) bond motifs is 1. The van der Waals surface area contributed by atoms with Crippen molar-refractivity contribution < 1.29 is 14.3 Å². The lowest BCUT2D eigenvalue weighted by molar-refractivity contribution is -0.131.